The Bertz CT molecular complexity index is 859. The van der Waals surface area contributed by atoms with Crippen LogP contribution in [0, 0.1) is 0 Å². The van der Waals surface area contributed by atoms with E-state index in [2.05, 4.69) is 0 Å². The summed E-state index contributed by atoms with van der Waals surface area (Å²) < 4.78 is 4.69. The molecule has 1 aliphatic heterocycles. The van der Waals surface area contributed by atoms with Crippen LogP contribution in [0.15, 0.2) is 47.9 Å². The van der Waals surface area contributed by atoms with Crippen LogP contribution in [-0.2, 0) is 20.9 Å². The SMILES string of the molecule is COC(=O)c1ccc(CN2CCN(C(=O)/C=C/c3cccs3)CCC2=O)cc1. The first kappa shape index (κ1) is 19.8. The summed E-state index contributed by atoms with van der Waals surface area (Å²) in [6.07, 6.45) is 3.68. The summed E-state index contributed by atoms with van der Waals surface area (Å²) in [5.74, 6) is -0.442. The lowest BCUT2D eigenvalue weighted by atomic mass is 10.1. The number of methoxy groups -OCH3 is 1. The molecule has 3 rings (SSSR count). The summed E-state index contributed by atoms with van der Waals surface area (Å²) in [6.45, 7) is 1.85. The van der Waals surface area contributed by atoms with Crippen molar-refractivity contribution in [3.05, 3.63) is 63.9 Å². The van der Waals surface area contributed by atoms with Gasteiger partial charge in [-0.1, -0.05) is 18.2 Å². The lowest BCUT2D eigenvalue weighted by Gasteiger charge is -2.21. The zero-order valence-electron chi connectivity index (χ0n) is 15.7. The van der Waals surface area contributed by atoms with Crippen molar-refractivity contribution in [2.24, 2.45) is 0 Å². The van der Waals surface area contributed by atoms with E-state index in [9.17, 15) is 14.4 Å². The molecule has 1 saturated heterocycles. The maximum atomic E-state index is 12.5. The molecule has 2 heterocycles. The maximum Gasteiger partial charge on any atom is 0.337 e. The molecule has 0 unspecified atom stereocenters. The fourth-order valence-electron chi connectivity index (χ4n) is 2.98. The van der Waals surface area contributed by atoms with E-state index in [4.69, 9.17) is 4.74 Å². The molecule has 0 N–H and O–H groups in total. The Morgan fingerprint density at radius 2 is 1.93 bits per heavy atom. The molecule has 28 heavy (non-hydrogen) atoms. The molecule has 2 aromatic rings. The van der Waals surface area contributed by atoms with Crippen LogP contribution in [0.4, 0.5) is 0 Å². The second kappa shape index (κ2) is 9.32. The number of rotatable bonds is 5. The van der Waals surface area contributed by atoms with Crippen LogP contribution in [0.1, 0.15) is 27.2 Å². The third-order valence-electron chi connectivity index (χ3n) is 4.58. The molecule has 1 aromatic carbocycles. The molecular formula is C21H22N2O4S. The topological polar surface area (TPSA) is 66.9 Å². The summed E-state index contributed by atoms with van der Waals surface area (Å²) in [5.41, 5.74) is 1.40. The first-order chi connectivity index (χ1) is 13.6. The van der Waals surface area contributed by atoms with E-state index in [-0.39, 0.29) is 17.8 Å². The van der Waals surface area contributed by atoms with Crippen LogP contribution in [-0.4, -0.2) is 54.3 Å². The summed E-state index contributed by atoms with van der Waals surface area (Å²) in [6, 6.07) is 10.9. The minimum Gasteiger partial charge on any atom is -0.465 e. The maximum absolute atomic E-state index is 12.5. The third-order valence-corrected chi connectivity index (χ3v) is 5.42. The highest BCUT2D eigenvalue weighted by molar-refractivity contribution is 7.10. The van der Waals surface area contributed by atoms with Gasteiger partial charge in [0.25, 0.3) is 0 Å². The molecule has 7 heteroatoms. The fraction of sp³-hybridized carbons (Fsp3) is 0.286. The van der Waals surface area contributed by atoms with Gasteiger partial charge in [0.15, 0.2) is 0 Å². The molecule has 146 valence electrons. The molecule has 1 fully saturated rings. The van der Waals surface area contributed by atoms with Gasteiger partial charge in [0.05, 0.1) is 12.7 Å². The van der Waals surface area contributed by atoms with E-state index in [0.29, 0.717) is 38.2 Å². The van der Waals surface area contributed by atoms with Crippen molar-refractivity contribution >= 4 is 35.2 Å². The molecule has 1 aromatic heterocycles. The minimum absolute atomic E-state index is 0.0228. The Labute approximate surface area is 168 Å². The number of ether oxygens (including phenoxy) is 1. The van der Waals surface area contributed by atoms with Crippen molar-refractivity contribution in [3.63, 3.8) is 0 Å². The Morgan fingerprint density at radius 1 is 1.14 bits per heavy atom. The fourth-order valence-corrected chi connectivity index (χ4v) is 3.60. The average Bonchev–Trinajstić information content (AvgIpc) is 3.17. The van der Waals surface area contributed by atoms with E-state index < -0.39 is 0 Å². The van der Waals surface area contributed by atoms with Gasteiger partial charge in [0.2, 0.25) is 11.8 Å². The zero-order valence-corrected chi connectivity index (χ0v) is 16.5. The number of thiophene rings is 1. The van der Waals surface area contributed by atoms with Gasteiger partial charge in [-0.3, -0.25) is 9.59 Å². The first-order valence-corrected chi connectivity index (χ1v) is 9.90. The van der Waals surface area contributed by atoms with Crippen molar-refractivity contribution < 1.29 is 19.1 Å². The van der Waals surface area contributed by atoms with Gasteiger partial charge in [-0.05, 0) is 35.2 Å². The third kappa shape index (κ3) is 5.07. The molecule has 0 bridgehead atoms. The number of hydrogen-bond donors (Lipinski definition) is 0. The number of esters is 1. The van der Waals surface area contributed by atoms with E-state index >= 15 is 0 Å². The van der Waals surface area contributed by atoms with Crippen LogP contribution in [0.2, 0.25) is 0 Å². The van der Waals surface area contributed by atoms with Crippen LogP contribution in [0.5, 0.6) is 0 Å². The van der Waals surface area contributed by atoms with Gasteiger partial charge in [-0.25, -0.2) is 4.79 Å². The van der Waals surface area contributed by atoms with Gasteiger partial charge in [-0.2, -0.15) is 0 Å². The highest BCUT2D eigenvalue weighted by Crippen LogP contribution is 2.14. The Hall–Kier alpha value is -2.93. The van der Waals surface area contributed by atoms with E-state index in [1.54, 1.807) is 45.4 Å². The van der Waals surface area contributed by atoms with E-state index in [1.165, 1.54) is 7.11 Å². The van der Waals surface area contributed by atoms with Crippen LogP contribution >= 0.6 is 11.3 Å². The number of carbonyl (C=O) groups excluding carboxylic acids is 3. The van der Waals surface area contributed by atoms with Crippen LogP contribution in [0.3, 0.4) is 0 Å². The number of carbonyl (C=O) groups is 3. The monoisotopic (exact) mass is 398 g/mol. The largest absolute Gasteiger partial charge is 0.465 e. The number of nitrogens with zero attached hydrogens (tertiary/aromatic N) is 2. The van der Waals surface area contributed by atoms with Gasteiger partial charge in [-0.15, -0.1) is 11.3 Å². The highest BCUT2D eigenvalue weighted by Gasteiger charge is 2.23. The van der Waals surface area contributed by atoms with Crippen molar-refractivity contribution in [1.82, 2.24) is 9.80 Å². The van der Waals surface area contributed by atoms with Gasteiger partial charge in [0, 0.05) is 43.6 Å². The smallest absolute Gasteiger partial charge is 0.337 e. The Balaban J connectivity index is 1.58. The van der Waals surface area contributed by atoms with Crippen molar-refractivity contribution in [3.8, 4) is 0 Å². The molecule has 0 saturated carbocycles. The molecule has 0 aliphatic carbocycles. The van der Waals surface area contributed by atoms with Crippen LogP contribution in [0.25, 0.3) is 6.08 Å². The average molecular weight is 398 g/mol. The second-order valence-corrected chi connectivity index (χ2v) is 7.41. The summed E-state index contributed by atoms with van der Waals surface area (Å²) in [5, 5.41) is 1.96. The number of amides is 2. The van der Waals surface area contributed by atoms with E-state index in [1.807, 2.05) is 29.6 Å². The standard InChI is InChI=1S/C21H22N2O4S/c1-27-21(26)17-6-4-16(5-7-17)15-23-13-12-22(11-10-20(23)25)19(24)9-8-18-3-2-14-28-18/h2-9,14H,10-13,15H2,1H3/b9-8+. The molecule has 0 radical (unpaired) electrons. The summed E-state index contributed by atoms with van der Waals surface area (Å²) in [4.78, 5) is 40.9. The predicted octanol–water partition coefficient (Wildman–Crippen LogP) is 2.81. The highest BCUT2D eigenvalue weighted by atomic mass is 32.1. The van der Waals surface area contributed by atoms with Crippen molar-refractivity contribution in [1.29, 1.82) is 0 Å². The van der Waals surface area contributed by atoms with Crippen molar-refractivity contribution in [2.45, 2.75) is 13.0 Å². The molecule has 2 amide bonds. The minimum atomic E-state index is -0.387. The zero-order chi connectivity index (χ0) is 19.9. The lowest BCUT2D eigenvalue weighted by Crippen LogP contribution is -2.34. The predicted molar refractivity (Wildman–Crippen MR) is 108 cm³/mol. The second-order valence-electron chi connectivity index (χ2n) is 6.43. The van der Waals surface area contributed by atoms with Gasteiger partial charge < -0.3 is 14.5 Å². The molecule has 1 aliphatic rings. The molecular weight excluding hydrogens is 376 g/mol. The summed E-state index contributed by atoms with van der Waals surface area (Å²) >= 11 is 1.57. The van der Waals surface area contributed by atoms with Gasteiger partial charge in [0.1, 0.15) is 0 Å². The first-order valence-electron chi connectivity index (χ1n) is 9.02. The normalized spacial score (nSPS) is 15.0. The van der Waals surface area contributed by atoms with E-state index in [0.717, 1.165) is 10.4 Å². The number of benzene rings is 1. The van der Waals surface area contributed by atoms with Crippen LogP contribution < -0.4 is 0 Å². The van der Waals surface area contributed by atoms with Crippen molar-refractivity contribution in [2.75, 3.05) is 26.7 Å². The summed E-state index contributed by atoms with van der Waals surface area (Å²) in [7, 11) is 1.34. The molecule has 0 spiro atoms. The number of hydrogen-bond acceptors (Lipinski definition) is 5. The Kier molecular flexibility index (Phi) is 6.60. The molecule has 6 nitrogen and oxygen atoms in total. The lowest BCUT2D eigenvalue weighted by molar-refractivity contribution is -0.130. The van der Waals surface area contributed by atoms with Gasteiger partial charge >= 0.3 is 5.97 Å². The quantitative estimate of drug-likeness (QED) is 0.574. The Morgan fingerprint density at radius 3 is 2.61 bits per heavy atom. The molecule has 0 atom stereocenters.